The topological polar surface area (TPSA) is 18.5 Å². The maximum absolute atomic E-state index is 6.14. The second kappa shape index (κ2) is 5.88. The summed E-state index contributed by atoms with van der Waals surface area (Å²) in [5.41, 5.74) is 3.34. The first-order chi connectivity index (χ1) is 10.6. The molecule has 1 heterocycles. The van der Waals surface area contributed by atoms with Crippen molar-refractivity contribution in [1.29, 1.82) is 0 Å². The van der Waals surface area contributed by atoms with Crippen molar-refractivity contribution < 1.29 is 9.47 Å². The monoisotopic (exact) mass is 294 g/mol. The highest BCUT2D eigenvalue weighted by Crippen LogP contribution is 2.39. The molecular formula is C20H22O2. The Morgan fingerprint density at radius 3 is 2.50 bits per heavy atom. The summed E-state index contributed by atoms with van der Waals surface area (Å²) in [7, 11) is 1.72. The van der Waals surface area contributed by atoms with E-state index < -0.39 is 0 Å². The van der Waals surface area contributed by atoms with Crippen LogP contribution in [0.15, 0.2) is 42.5 Å². The number of fused-ring (bicyclic) bond motifs is 1. The summed E-state index contributed by atoms with van der Waals surface area (Å²) >= 11 is 0. The highest BCUT2D eigenvalue weighted by molar-refractivity contribution is 5.72. The first-order valence-corrected chi connectivity index (χ1v) is 7.70. The maximum Gasteiger partial charge on any atom is 0.127 e. The van der Waals surface area contributed by atoms with Gasteiger partial charge in [-0.3, -0.25) is 0 Å². The number of rotatable bonds is 3. The van der Waals surface area contributed by atoms with Crippen molar-refractivity contribution in [3.63, 3.8) is 0 Å². The Hall–Kier alpha value is -2.22. The summed E-state index contributed by atoms with van der Waals surface area (Å²) in [5.74, 6) is 1.86. The lowest BCUT2D eigenvalue weighted by Crippen LogP contribution is -2.32. The molecule has 1 aliphatic rings. The van der Waals surface area contributed by atoms with Crippen LogP contribution in [0.5, 0.6) is 11.5 Å². The summed E-state index contributed by atoms with van der Waals surface area (Å²) in [6.45, 7) is 4.27. The lowest BCUT2D eigenvalue weighted by atomic mass is 9.93. The Labute approximate surface area is 132 Å². The molecule has 114 valence electrons. The Kier molecular flexibility index (Phi) is 3.93. The summed E-state index contributed by atoms with van der Waals surface area (Å²) in [5, 5.41) is 0. The van der Waals surface area contributed by atoms with Gasteiger partial charge in [0.05, 0.1) is 7.11 Å². The zero-order chi connectivity index (χ0) is 15.6. The van der Waals surface area contributed by atoms with Gasteiger partial charge in [-0.2, -0.15) is 0 Å². The first kappa shape index (κ1) is 14.7. The predicted molar refractivity (Wildman–Crippen MR) is 91.4 cm³/mol. The number of hydrogen-bond acceptors (Lipinski definition) is 2. The fourth-order valence-corrected chi connectivity index (χ4v) is 2.79. The first-order valence-electron chi connectivity index (χ1n) is 7.70. The number of ether oxygens (including phenoxy) is 2. The van der Waals surface area contributed by atoms with Gasteiger partial charge in [-0.15, -0.1) is 0 Å². The molecule has 1 aliphatic heterocycles. The van der Waals surface area contributed by atoms with E-state index in [0.29, 0.717) is 0 Å². The largest absolute Gasteiger partial charge is 0.496 e. The molecule has 0 aromatic heterocycles. The molecule has 22 heavy (non-hydrogen) atoms. The molecule has 2 aromatic carbocycles. The van der Waals surface area contributed by atoms with Gasteiger partial charge < -0.3 is 9.47 Å². The van der Waals surface area contributed by atoms with Crippen molar-refractivity contribution in [2.45, 2.75) is 32.3 Å². The molecule has 0 bridgehead atoms. The van der Waals surface area contributed by atoms with E-state index in [1.807, 2.05) is 18.2 Å². The predicted octanol–water partition coefficient (Wildman–Crippen LogP) is 4.97. The van der Waals surface area contributed by atoms with Gasteiger partial charge in [0.25, 0.3) is 0 Å². The molecule has 0 atom stereocenters. The zero-order valence-corrected chi connectivity index (χ0v) is 13.4. The van der Waals surface area contributed by atoms with E-state index in [-0.39, 0.29) is 5.60 Å². The molecule has 0 radical (unpaired) electrons. The molecule has 0 spiro atoms. The van der Waals surface area contributed by atoms with E-state index in [9.17, 15) is 0 Å². The normalized spacial score (nSPS) is 16.1. The fourth-order valence-electron chi connectivity index (χ4n) is 2.79. The summed E-state index contributed by atoms with van der Waals surface area (Å²) in [6, 6.07) is 14.5. The van der Waals surface area contributed by atoms with Crippen LogP contribution in [-0.2, 0) is 6.42 Å². The Bertz CT molecular complexity index is 684. The van der Waals surface area contributed by atoms with Gasteiger partial charge in [0.1, 0.15) is 17.1 Å². The van der Waals surface area contributed by atoms with E-state index in [1.165, 1.54) is 11.1 Å². The molecule has 0 unspecified atom stereocenters. The van der Waals surface area contributed by atoms with Gasteiger partial charge in [0.15, 0.2) is 0 Å². The van der Waals surface area contributed by atoms with E-state index in [4.69, 9.17) is 9.47 Å². The standard InChI is InChI=1S/C20H22O2/c1-20(2)12-11-17-18(21-3)13-16(14-19(17)22-20)10-9-15-7-5-4-6-8-15/h4-10,13-14H,11-12H2,1-3H3. The van der Waals surface area contributed by atoms with Crippen molar-refractivity contribution in [3.8, 4) is 11.5 Å². The van der Waals surface area contributed by atoms with Gasteiger partial charge in [0, 0.05) is 5.56 Å². The van der Waals surface area contributed by atoms with Crippen LogP contribution >= 0.6 is 0 Å². The van der Waals surface area contributed by atoms with E-state index in [0.717, 1.165) is 29.9 Å². The van der Waals surface area contributed by atoms with Crippen LogP contribution in [0.25, 0.3) is 12.2 Å². The van der Waals surface area contributed by atoms with Crippen LogP contribution in [0.3, 0.4) is 0 Å². The maximum atomic E-state index is 6.14. The van der Waals surface area contributed by atoms with Crippen LogP contribution in [0.2, 0.25) is 0 Å². The summed E-state index contributed by atoms with van der Waals surface area (Å²) < 4.78 is 11.7. The van der Waals surface area contributed by atoms with E-state index in [2.05, 4.69) is 50.3 Å². The van der Waals surface area contributed by atoms with Crippen molar-refractivity contribution in [2.75, 3.05) is 7.11 Å². The lowest BCUT2D eigenvalue weighted by Gasteiger charge is -2.33. The van der Waals surface area contributed by atoms with Crippen LogP contribution < -0.4 is 9.47 Å². The third-order valence-electron chi connectivity index (χ3n) is 4.04. The molecular weight excluding hydrogens is 272 g/mol. The smallest absolute Gasteiger partial charge is 0.127 e. The minimum Gasteiger partial charge on any atom is -0.496 e. The van der Waals surface area contributed by atoms with Crippen LogP contribution in [0.4, 0.5) is 0 Å². The molecule has 2 nitrogen and oxygen atoms in total. The lowest BCUT2D eigenvalue weighted by molar-refractivity contribution is 0.0836. The van der Waals surface area contributed by atoms with Crippen LogP contribution in [-0.4, -0.2) is 12.7 Å². The Balaban J connectivity index is 1.94. The molecule has 2 heteroatoms. The number of hydrogen-bond donors (Lipinski definition) is 0. The summed E-state index contributed by atoms with van der Waals surface area (Å²) in [4.78, 5) is 0. The Morgan fingerprint density at radius 1 is 1.05 bits per heavy atom. The molecule has 0 N–H and O–H groups in total. The average molecular weight is 294 g/mol. The molecule has 0 saturated carbocycles. The third kappa shape index (κ3) is 3.16. The third-order valence-corrected chi connectivity index (χ3v) is 4.04. The highest BCUT2D eigenvalue weighted by atomic mass is 16.5. The molecule has 0 saturated heterocycles. The number of benzene rings is 2. The average Bonchev–Trinajstić information content (AvgIpc) is 2.52. The van der Waals surface area contributed by atoms with Gasteiger partial charge in [-0.05, 0) is 49.9 Å². The van der Waals surface area contributed by atoms with Crippen molar-refractivity contribution >= 4 is 12.2 Å². The molecule has 0 fully saturated rings. The zero-order valence-electron chi connectivity index (χ0n) is 13.4. The van der Waals surface area contributed by atoms with Crippen LogP contribution in [0.1, 0.15) is 37.0 Å². The minimum absolute atomic E-state index is 0.111. The van der Waals surface area contributed by atoms with Gasteiger partial charge in [0.2, 0.25) is 0 Å². The highest BCUT2D eigenvalue weighted by Gasteiger charge is 2.28. The molecule has 0 aliphatic carbocycles. The summed E-state index contributed by atoms with van der Waals surface area (Å²) in [6.07, 6.45) is 6.21. The van der Waals surface area contributed by atoms with Crippen molar-refractivity contribution in [1.82, 2.24) is 0 Å². The van der Waals surface area contributed by atoms with Crippen molar-refractivity contribution in [3.05, 3.63) is 59.2 Å². The SMILES string of the molecule is COc1cc(C=Cc2ccccc2)cc2c1CCC(C)(C)O2. The fraction of sp³-hybridized carbons (Fsp3) is 0.300. The molecule has 3 rings (SSSR count). The van der Waals surface area contributed by atoms with Gasteiger partial charge >= 0.3 is 0 Å². The molecule has 2 aromatic rings. The Morgan fingerprint density at radius 2 is 1.77 bits per heavy atom. The minimum atomic E-state index is -0.111. The molecule has 0 amide bonds. The number of methoxy groups -OCH3 is 1. The quantitative estimate of drug-likeness (QED) is 0.744. The van der Waals surface area contributed by atoms with Crippen LogP contribution in [0, 0.1) is 0 Å². The second-order valence-electron chi connectivity index (χ2n) is 6.31. The van der Waals surface area contributed by atoms with E-state index in [1.54, 1.807) is 7.11 Å². The van der Waals surface area contributed by atoms with Crippen molar-refractivity contribution in [2.24, 2.45) is 0 Å². The van der Waals surface area contributed by atoms with Gasteiger partial charge in [-0.1, -0.05) is 42.5 Å². The van der Waals surface area contributed by atoms with Gasteiger partial charge in [-0.25, -0.2) is 0 Å². The van der Waals surface area contributed by atoms with E-state index >= 15 is 0 Å². The second-order valence-corrected chi connectivity index (χ2v) is 6.31.